The lowest BCUT2D eigenvalue weighted by molar-refractivity contribution is -0.385. The molecule has 2 aromatic rings. The molecule has 0 bridgehead atoms. The Bertz CT molecular complexity index is 619. The number of alkyl halides is 1. The number of para-hydroxylation sites is 1. The van der Waals surface area contributed by atoms with E-state index in [4.69, 9.17) is 16.3 Å². The van der Waals surface area contributed by atoms with Crippen LogP contribution >= 0.6 is 11.6 Å². The highest BCUT2D eigenvalue weighted by molar-refractivity contribution is 6.17. The number of nitro benzene ring substituents is 1. The molecule has 2 rings (SSSR count). The summed E-state index contributed by atoms with van der Waals surface area (Å²) in [6.07, 6.45) is 0. The third-order valence-corrected chi connectivity index (χ3v) is 2.74. The van der Waals surface area contributed by atoms with Crippen LogP contribution in [0.1, 0.15) is 5.56 Å². The molecular weight excluding hydrogens is 273 g/mol. The monoisotopic (exact) mass is 281 g/mol. The van der Waals surface area contributed by atoms with E-state index in [-0.39, 0.29) is 23.1 Å². The molecule has 0 heterocycles. The summed E-state index contributed by atoms with van der Waals surface area (Å²) in [5.74, 6) is -0.521. The van der Waals surface area contributed by atoms with Gasteiger partial charge in [0.25, 0.3) is 0 Å². The summed E-state index contributed by atoms with van der Waals surface area (Å²) in [6, 6.07) is 10.0. The minimum atomic E-state index is -0.591. The summed E-state index contributed by atoms with van der Waals surface area (Å²) in [5.41, 5.74) is 0.343. The maximum atomic E-state index is 13.4. The molecule has 0 aliphatic rings. The van der Waals surface area contributed by atoms with Gasteiger partial charge in [-0.3, -0.25) is 10.1 Å². The molecule has 0 spiro atoms. The van der Waals surface area contributed by atoms with Crippen LogP contribution in [0.25, 0.3) is 0 Å². The average Bonchev–Trinajstić information content (AvgIpc) is 2.41. The molecule has 98 valence electrons. The standard InChI is InChI=1S/C13H9ClFNO3/c14-8-9-5-6-13(11(7-9)16(17)18)19-12-4-2-1-3-10(12)15/h1-7H,8H2. The molecule has 0 saturated carbocycles. The van der Waals surface area contributed by atoms with E-state index in [9.17, 15) is 14.5 Å². The summed E-state index contributed by atoms with van der Waals surface area (Å²) in [4.78, 5) is 10.4. The Morgan fingerprint density at radius 1 is 1.21 bits per heavy atom. The number of hydrogen-bond donors (Lipinski definition) is 0. The van der Waals surface area contributed by atoms with Gasteiger partial charge >= 0.3 is 5.69 Å². The molecule has 0 amide bonds. The van der Waals surface area contributed by atoms with Crippen LogP contribution in [-0.4, -0.2) is 4.92 Å². The van der Waals surface area contributed by atoms with E-state index in [2.05, 4.69) is 0 Å². The number of hydrogen-bond acceptors (Lipinski definition) is 3. The average molecular weight is 282 g/mol. The van der Waals surface area contributed by atoms with Gasteiger partial charge in [0.2, 0.25) is 5.75 Å². The molecule has 0 radical (unpaired) electrons. The van der Waals surface area contributed by atoms with E-state index >= 15 is 0 Å². The zero-order valence-corrected chi connectivity index (χ0v) is 10.4. The van der Waals surface area contributed by atoms with Gasteiger partial charge in [0.05, 0.1) is 4.92 Å². The molecule has 0 unspecified atom stereocenters. The van der Waals surface area contributed by atoms with Gasteiger partial charge < -0.3 is 4.74 Å². The maximum Gasteiger partial charge on any atom is 0.311 e. The minimum Gasteiger partial charge on any atom is -0.447 e. The Hall–Kier alpha value is -2.14. The molecule has 0 N–H and O–H groups in total. The van der Waals surface area contributed by atoms with Crippen LogP contribution in [0, 0.1) is 15.9 Å². The van der Waals surface area contributed by atoms with Crippen LogP contribution in [0.15, 0.2) is 42.5 Å². The zero-order valence-electron chi connectivity index (χ0n) is 9.68. The number of halogens is 2. The molecule has 0 fully saturated rings. The van der Waals surface area contributed by atoms with Crippen LogP contribution in [0.2, 0.25) is 0 Å². The van der Waals surface area contributed by atoms with Crippen LogP contribution < -0.4 is 4.74 Å². The second-order valence-corrected chi connectivity index (χ2v) is 3.99. The van der Waals surface area contributed by atoms with Gasteiger partial charge in [0, 0.05) is 11.9 Å². The van der Waals surface area contributed by atoms with Gasteiger partial charge in [0.15, 0.2) is 11.6 Å². The fourth-order valence-electron chi connectivity index (χ4n) is 1.52. The quantitative estimate of drug-likeness (QED) is 0.478. The third kappa shape index (κ3) is 3.00. The van der Waals surface area contributed by atoms with Crippen LogP contribution in [0.3, 0.4) is 0 Å². The van der Waals surface area contributed by atoms with Crippen molar-refractivity contribution in [3.05, 3.63) is 64.0 Å². The van der Waals surface area contributed by atoms with Crippen molar-refractivity contribution in [3.63, 3.8) is 0 Å². The van der Waals surface area contributed by atoms with Crippen molar-refractivity contribution in [1.82, 2.24) is 0 Å². The van der Waals surface area contributed by atoms with Crippen molar-refractivity contribution in [2.24, 2.45) is 0 Å². The van der Waals surface area contributed by atoms with Gasteiger partial charge in [-0.05, 0) is 23.8 Å². The van der Waals surface area contributed by atoms with Crippen molar-refractivity contribution >= 4 is 17.3 Å². The van der Waals surface area contributed by atoms with Crippen molar-refractivity contribution in [1.29, 1.82) is 0 Å². The summed E-state index contributed by atoms with van der Waals surface area (Å²) >= 11 is 5.62. The number of rotatable bonds is 4. The van der Waals surface area contributed by atoms with E-state index in [0.29, 0.717) is 5.56 Å². The lowest BCUT2D eigenvalue weighted by Crippen LogP contribution is -1.95. The number of nitro groups is 1. The van der Waals surface area contributed by atoms with Gasteiger partial charge in [-0.25, -0.2) is 4.39 Å². The molecule has 19 heavy (non-hydrogen) atoms. The lowest BCUT2D eigenvalue weighted by Gasteiger charge is -2.07. The number of ether oxygens (including phenoxy) is 1. The lowest BCUT2D eigenvalue weighted by atomic mass is 10.2. The van der Waals surface area contributed by atoms with Gasteiger partial charge in [-0.2, -0.15) is 0 Å². The van der Waals surface area contributed by atoms with Crippen molar-refractivity contribution in [3.8, 4) is 11.5 Å². The highest BCUT2D eigenvalue weighted by Crippen LogP contribution is 2.33. The number of benzene rings is 2. The Balaban J connectivity index is 2.40. The number of nitrogens with zero attached hydrogens (tertiary/aromatic N) is 1. The SMILES string of the molecule is O=[N+]([O-])c1cc(CCl)ccc1Oc1ccccc1F. The first-order valence-corrected chi connectivity index (χ1v) is 5.91. The predicted molar refractivity (Wildman–Crippen MR) is 69.1 cm³/mol. The first-order valence-electron chi connectivity index (χ1n) is 5.37. The third-order valence-electron chi connectivity index (χ3n) is 2.43. The predicted octanol–water partition coefficient (Wildman–Crippen LogP) is 4.27. The fourth-order valence-corrected chi connectivity index (χ4v) is 1.69. The van der Waals surface area contributed by atoms with Gasteiger partial charge in [0.1, 0.15) is 0 Å². The van der Waals surface area contributed by atoms with E-state index in [1.807, 2.05) is 0 Å². The molecule has 2 aromatic carbocycles. The molecule has 0 aliphatic carbocycles. The molecule has 0 aliphatic heterocycles. The zero-order chi connectivity index (χ0) is 13.8. The second kappa shape index (κ2) is 5.67. The van der Waals surface area contributed by atoms with E-state index in [1.165, 1.54) is 30.3 Å². The molecule has 0 atom stereocenters. The normalized spacial score (nSPS) is 10.2. The Morgan fingerprint density at radius 2 is 1.95 bits per heavy atom. The molecule has 6 heteroatoms. The van der Waals surface area contributed by atoms with Crippen LogP contribution in [0.5, 0.6) is 11.5 Å². The molecule has 0 saturated heterocycles. The van der Waals surface area contributed by atoms with Gasteiger partial charge in [-0.1, -0.05) is 18.2 Å². The highest BCUT2D eigenvalue weighted by Gasteiger charge is 2.17. The topological polar surface area (TPSA) is 52.4 Å². The Labute approximate surface area is 113 Å². The smallest absolute Gasteiger partial charge is 0.311 e. The summed E-state index contributed by atoms with van der Waals surface area (Å²) in [7, 11) is 0. The van der Waals surface area contributed by atoms with Crippen molar-refractivity contribution < 1.29 is 14.1 Å². The van der Waals surface area contributed by atoms with Crippen molar-refractivity contribution in [2.45, 2.75) is 5.88 Å². The maximum absolute atomic E-state index is 13.4. The fraction of sp³-hybridized carbons (Fsp3) is 0.0769. The van der Waals surface area contributed by atoms with E-state index < -0.39 is 10.7 Å². The highest BCUT2D eigenvalue weighted by atomic mass is 35.5. The summed E-state index contributed by atoms with van der Waals surface area (Å²) in [6.45, 7) is 0. The largest absolute Gasteiger partial charge is 0.447 e. The van der Waals surface area contributed by atoms with Crippen molar-refractivity contribution in [2.75, 3.05) is 0 Å². The van der Waals surface area contributed by atoms with E-state index in [1.54, 1.807) is 12.1 Å². The molecule has 4 nitrogen and oxygen atoms in total. The van der Waals surface area contributed by atoms with Crippen LogP contribution in [-0.2, 0) is 5.88 Å². The minimum absolute atomic E-state index is 0.0241. The summed E-state index contributed by atoms with van der Waals surface area (Å²) < 4.78 is 18.7. The summed E-state index contributed by atoms with van der Waals surface area (Å²) in [5, 5.41) is 11.0. The Morgan fingerprint density at radius 3 is 2.58 bits per heavy atom. The van der Waals surface area contributed by atoms with E-state index in [0.717, 1.165) is 0 Å². The Kier molecular flexibility index (Phi) is 3.97. The van der Waals surface area contributed by atoms with Crippen LogP contribution in [0.4, 0.5) is 10.1 Å². The first kappa shape index (κ1) is 13.3. The molecular formula is C13H9ClFNO3. The molecule has 0 aromatic heterocycles. The first-order chi connectivity index (χ1) is 9.11. The second-order valence-electron chi connectivity index (χ2n) is 3.73. The van der Waals surface area contributed by atoms with Gasteiger partial charge in [-0.15, -0.1) is 11.6 Å².